The molecule has 2 rings (SSSR count). The maximum Gasteiger partial charge on any atom is 0.228 e. The van der Waals surface area contributed by atoms with Gasteiger partial charge in [0.2, 0.25) is 11.9 Å². The molecule has 0 aliphatic rings. The predicted molar refractivity (Wildman–Crippen MR) is 83.4 cm³/mol. The summed E-state index contributed by atoms with van der Waals surface area (Å²) in [6, 6.07) is 8.09. The van der Waals surface area contributed by atoms with E-state index < -0.39 is 0 Å². The van der Waals surface area contributed by atoms with Gasteiger partial charge in [-0.2, -0.15) is 15.0 Å². The van der Waals surface area contributed by atoms with Crippen molar-refractivity contribution in [3.8, 4) is 5.75 Å². The van der Waals surface area contributed by atoms with Gasteiger partial charge >= 0.3 is 0 Å². The van der Waals surface area contributed by atoms with Crippen LogP contribution in [-0.2, 0) is 0 Å². The molecule has 0 fully saturated rings. The summed E-state index contributed by atoms with van der Waals surface area (Å²) in [7, 11) is 0. The zero-order valence-electron chi connectivity index (χ0n) is 12.6. The summed E-state index contributed by atoms with van der Waals surface area (Å²) in [6.07, 6.45) is 0.885. The quantitative estimate of drug-likeness (QED) is 0.848. The van der Waals surface area contributed by atoms with E-state index in [0.29, 0.717) is 18.4 Å². The third-order valence-corrected chi connectivity index (χ3v) is 3.03. The van der Waals surface area contributed by atoms with Crippen molar-refractivity contribution in [1.82, 2.24) is 15.0 Å². The zero-order chi connectivity index (χ0) is 15.2. The van der Waals surface area contributed by atoms with E-state index in [1.54, 1.807) is 6.92 Å². The molecule has 6 heteroatoms. The van der Waals surface area contributed by atoms with Gasteiger partial charge in [-0.15, -0.1) is 0 Å². The van der Waals surface area contributed by atoms with Crippen LogP contribution in [0.5, 0.6) is 5.75 Å². The topological polar surface area (TPSA) is 86.0 Å². The molecule has 1 heterocycles. The molecule has 6 nitrogen and oxygen atoms in total. The average Bonchev–Trinajstić information content (AvgIpc) is 2.42. The highest BCUT2D eigenvalue weighted by Gasteiger charge is 2.10. The Labute approximate surface area is 124 Å². The fraction of sp³-hybridized carbons (Fsp3) is 0.400. The number of nitrogen functional groups attached to an aromatic ring is 1. The molecular formula is C15H21N5O. The minimum atomic E-state index is 0.103. The highest BCUT2D eigenvalue weighted by Crippen LogP contribution is 2.14. The Bertz CT molecular complexity index is 582. The smallest absolute Gasteiger partial charge is 0.228 e. The highest BCUT2D eigenvalue weighted by molar-refractivity contribution is 5.32. The number of aryl methyl sites for hydroxylation is 2. The maximum absolute atomic E-state index is 5.81. The van der Waals surface area contributed by atoms with Gasteiger partial charge < -0.3 is 15.8 Å². The largest absolute Gasteiger partial charge is 0.491 e. The van der Waals surface area contributed by atoms with Gasteiger partial charge in [0.05, 0.1) is 6.04 Å². The van der Waals surface area contributed by atoms with Crippen LogP contribution in [0.3, 0.4) is 0 Å². The number of nitrogens with zero attached hydrogens (tertiary/aromatic N) is 3. The van der Waals surface area contributed by atoms with Crippen LogP contribution in [0.15, 0.2) is 24.3 Å². The third-order valence-electron chi connectivity index (χ3n) is 3.03. The number of nitrogens with one attached hydrogen (secondary N) is 1. The summed E-state index contributed by atoms with van der Waals surface area (Å²) in [4.78, 5) is 12.3. The second-order valence-electron chi connectivity index (χ2n) is 4.94. The normalized spacial score (nSPS) is 12.0. The molecule has 0 saturated heterocycles. The van der Waals surface area contributed by atoms with Crippen LogP contribution in [0.25, 0.3) is 0 Å². The molecule has 2 aromatic rings. The van der Waals surface area contributed by atoms with Gasteiger partial charge in [-0.3, -0.25) is 0 Å². The van der Waals surface area contributed by atoms with Crippen molar-refractivity contribution in [2.24, 2.45) is 0 Å². The van der Waals surface area contributed by atoms with Gasteiger partial charge in [0.25, 0.3) is 0 Å². The second kappa shape index (κ2) is 6.88. The van der Waals surface area contributed by atoms with E-state index in [1.807, 2.05) is 31.2 Å². The summed E-state index contributed by atoms with van der Waals surface area (Å²) in [5.74, 6) is 2.17. The van der Waals surface area contributed by atoms with E-state index in [-0.39, 0.29) is 12.0 Å². The van der Waals surface area contributed by atoms with E-state index in [9.17, 15) is 0 Å². The standard InChI is InChI=1S/C15H21N5O/c1-4-12(9-21-13-7-5-6-10(2)8-13)19-15-18-11(3)17-14(16)20-15/h5-8,12H,4,9H2,1-3H3,(H3,16,17,18,19,20). The molecular weight excluding hydrogens is 266 g/mol. The van der Waals surface area contributed by atoms with E-state index in [0.717, 1.165) is 12.2 Å². The number of anilines is 2. The van der Waals surface area contributed by atoms with Crippen molar-refractivity contribution >= 4 is 11.9 Å². The fourth-order valence-electron chi connectivity index (χ4n) is 1.91. The zero-order valence-corrected chi connectivity index (χ0v) is 12.6. The number of ether oxygens (including phenoxy) is 1. The van der Waals surface area contributed by atoms with Crippen molar-refractivity contribution in [3.05, 3.63) is 35.7 Å². The number of hydrogen-bond acceptors (Lipinski definition) is 6. The van der Waals surface area contributed by atoms with E-state index in [1.165, 1.54) is 5.56 Å². The Balaban J connectivity index is 1.96. The average molecular weight is 287 g/mol. The lowest BCUT2D eigenvalue weighted by Crippen LogP contribution is -2.27. The van der Waals surface area contributed by atoms with Crippen molar-refractivity contribution in [2.45, 2.75) is 33.2 Å². The minimum Gasteiger partial charge on any atom is -0.491 e. The lowest BCUT2D eigenvalue weighted by atomic mass is 10.2. The highest BCUT2D eigenvalue weighted by atomic mass is 16.5. The lowest BCUT2D eigenvalue weighted by molar-refractivity contribution is 0.293. The number of rotatable bonds is 6. The van der Waals surface area contributed by atoms with Gasteiger partial charge in [-0.05, 0) is 38.0 Å². The Morgan fingerprint density at radius 2 is 2.05 bits per heavy atom. The van der Waals surface area contributed by atoms with Gasteiger partial charge in [-0.25, -0.2) is 0 Å². The molecule has 21 heavy (non-hydrogen) atoms. The Morgan fingerprint density at radius 3 is 2.71 bits per heavy atom. The molecule has 1 aromatic carbocycles. The van der Waals surface area contributed by atoms with Crippen LogP contribution in [-0.4, -0.2) is 27.6 Å². The molecule has 0 amide bonds. The lowest BCUT2D eigenvalue weighted by Gasteiger charge is -2.18. The fourth-order valence-corrected chi connectivity index (χ4v) is 1.91. The van der Waals surface area contributed by atoms with Crippen molar-refractivity contribution < 1.29 is 4.74 Å². The number of benzene rings is 1. The van der Waals surface area contributed by atoms with Crippen molar-refractivity contribution in [1.29, 1.82) is 0 Å². The van der Waals surface area contributed by atoms with E-state index >= 15 is 0 Å². The van der Waals surface area contributed by atoms with E-state index in [2.05, 4.69) is 27.2 Å². The number of hydrogen-bond donors (Lipinski definition) is 2. The summed E-state index contributed by atoms with van der Waals surface area (Å²) >= 11 is 0. The monoisotopic (exact) mass is 287 g/mol. The molecule has 1 atom stereocenters. The summed E-state index contributed by atoms with van der Waals surface area (Å²) in [6.45, 7) is 6.44. The van der Waals surface area contributed by atoms with Gasteiger partial charge in [0, 0.05) is 0 Å². The van der Waals surface area contributed by atoms with Crippen LogP contribution in [0.2, 0.25) is 0 Å². The molecule has 0 radical (unpaired) electrons. The van der Waals surface area contributed by atoms with Crippen molar-refractivity contribution in [2.75, 3.05) is 17.7 Å². The van der Waals surface area contributed by atoms with Crippen LogP contribution in [0.1, 0.15) is 24.7 Å². The van der Waals surface area contributed by atoms with Gasteiger partial charge in [0.1, 0.15) is 18.2 Å². The van der Waals surface area contributed by atoms with Gasteiger partial charge in [-0.1, -0.05) is 19.1 Å². The Morgan fingerprint density at radius 1 is 1.24 bits per heavy atom. The summed E-state index contributed by atoms with van der Waals surface area (Å²) in [5, 5.41) is 3.23. The Kier molecular flexibility index (Phi) is 4.92. The van der Waals surface area contributed by atoms with Crippen LogP contribution < -0.4 is 15.8 Å². The first-order valence-electron chi connectivity index (χ1n) is 7.01. The minimum absolute atomic E-state index is 0.103. The van der Waals surface area contributed by atoms with E-state index in [4.69, 9.17) is 10.5 Å². The SMILES string of the molecule is CCC(COc1cccc(C)c1)Nc1nc(C)nc(N)n1. The second-order valence-corrected chi connectivity index (χ2v) is 4.94. The molecule has 1 unspecified atom stereocenters. The first-order valence-corrected chi connectivity index (χ1v) is 7.01. The first kappa shape index (κ1) is 15.0. The molecule has 1 aromatic heterocycles. The summed E-state index contributed by atoms with van der Waals surface area (Å²) < 4.78 is 5.81. The third kappa shape index (κ3) is 4.59. The molecule has 0 spiro atoms. The number of aromatic nitrogens is 3. The molecule has 0 aliphatic carbocycles. The van der Waals surface area contributed by atoms with Gasteiger partial charge in [0.15, 0.2) is 0 Å². The molecule has 0 bridgehead atoms. The maximum atomic E-state index is 5.81. The molecule has 3 N–H and O–H groups in total. The predicted octanol–water partition coefficient (Wildman–Crippen LogP) is 2.34. The Hall–Kier alpha value is -2.37. The van der Waals surface area contributed by atoms with Crippen molar-refractivity contribution in [3.63, 3.8) is 0 Å². The molecule has 0 aliphatic heterocycles. The first-order chi connectivity index (χ1) is 10.1. The van der Waals surface area contributed by atoms with Crippen LogP contribution >= 0.6 is 0 Å². The summed E-state index contributed by atoms with van der Waals surface area (Å²) in [5.41, 5.74) is 6.80. The molecule has 0 saturated carbocycles. The van der Waals surface area contributed by atoms with Crippen LogP contribution in [0, 0.1) is 13.8 Å². The van der Waals surface area contributed by atoms with Crippen LogP contribution in [0.4, 0.5) is 11.9 Å². The molecule has 112 valence electrons. The number of nitrogens with two attached hydrogens (primary N) is 1.